The first-order valence-corrected chi connectivity index (χ1v) is 13.3. The normalized spacial score (nSPS) is 11.1. The summed E-state index contributed by atoms with van der Waals surface area (Å²) in [7, 11) is 8.09. The maximum Gasteiger partial charge on any atom is 0.379 e. The summed E-state index contributed by atoms with van der Waals surface area (Å²) in [6, 6.07) is 8.11. The van der Waals surface area contributed by atoms with Crippen LogP contribution in [0, 0.1) is 0 Å². The molecule has 0 bridgehead atoms. The Morgan fingerprint density at radius 2 is 0.524 bits per heavy atom. The van der Waals surface area contributed by atoms with Crippen LogP contribution >= 0.6 is 46.3 Å². The zero-order valence-corrected chi connectivity index (χ0v) is 24.0. The maximum absolute atomic E-state index is 9.77. The van der Waals surface area contributed by atoms with E-state index in [-0.39, 0.29) is 18.8 Å². The minimum atomic E-state index is -6.17. The Morgan fingerprint density at radius 3 is 0.595 bits per heavy atom. The van der Waals surface area contributed by atoms with E-state index in [4.69, 9.17) is 0 Å². The van der Waals surface area contributed by atoms with Crippen LogP contribution in [0.15, 0.2) is 49.1 Å². The number of pyridine rings is 2. The summed E-state index contributed by atoms with van der Waals surface area (Å²) in [5.74, 6) is 0. The smallest absolute Gasteiger partial charge is 0.379 e. The molecule has 2 aromatic rings. The van der Waals surface area contributed by atoms with Crippen molar-refractivity contribution in [2.75, 3.05) is 38.0 Å². The molecule has 0 aliphatic carbocycles. The summed E-state index contributed by atoms with van der Waals surface area (Å²) in [6.07, 6.45) is 7.65. The number of nitrogens with one attached hydrogen (secondary N) is 2. The molecule has 0 unspecified atom stereocenters. The van der Waals surface area contributed by atoms with Gasteiger partial charge in [-0.25, -0.2) is 9.97 Å². The number of aromatic amines is 2. The van der Waals surface area contributed by atoms with Crippen LogP contribution in [0.5, 0.6) is 0 Å². The number of anilines is 2. The summed E-state index contributed by atoms with van der Waals surface area (Å²) in [6.45, 7) is 0. The first kappa shape index (κ1) is 59.3. The summed E-state index contributed by atoms with van der Waals surface area (Å²) in [4.78, 5) is 10.0. The molecule has 0 fully saturated rings. The summed E-state index contributed by atoms with van der Waals surface area (Å²) in [5, 5.41) is 0. The molecule has 4 nitrogen and oxygen atoms in total. The van der Waals surface area contributed by atoms with Gasteiger partial charge < -0.3 is 19.2 Å². The maximum atomic E-state index is 9.77. The molecule has 2 N–H and O–H groups in total. The van der Waals surface area contributed by atoms with E-state index in [9.17, 15) is 62.2 Å². The third-order valence-corrected chi connectivity index (χ3v) is 2.43. The van der Waals surface area contributed by atoms with E-state index in [1.165, 1.54) is 11.4 Å². The van der Waals surface area contributed by atoms with Crippen LogP contribution in [0.1, 0.15) is 0 Å². The third-order valence-electron chi connectivity index (χ3n) is 2.43. The lowest BCUT2D eigenvalue weighted by molar-refractivity contribution is -0.378. The minimum absolute atomic E-state index is 0. The summed E-state index contributed by atoms with van der Waals surface area (Å²) < 4.78 is 156. The van der Waals surface area contributed by atoms with Gasteiger partial charge in [-0.05, 0) is 0 Å². The number of nitrogens with zero attached hydrogens (tertiary/aromatic N) is 2. The molecule has 2 aromatic heterocycles. The number of aromatic nitrogens is 2. The van der Waals surface area contributed by atoms with Crippen LogP contribution in [-0.4, -0.2) is 28.2 Å². The lowest BCUT2D eigenvalue weighted by atomic mass is 10.4. The van der Waals surface area contributed by atoms with Gasteiger partial charge in [-0.15, -0.1) is 0 Å². The van der Waals surface area contributed by atoms with Crippen molar-refractivity contribution in [3.63, 3.8) is 0 Å². The van der Waals surface area contributed by atoms with Gasteiger partial charge in [0.05, 0.1) is 0 Å². The van der Waals surface area contributed by atoms with Crippen molar-refractivity contribution in [1.29, 1.82) is 0 Å². The molecule has 0 amide bonds. The standard InChI is InChI=1S/2C7H10N2.4F4S.4FH/c2*1-9(2)7-3-5-8-6-4-7;4*1-5(2,3)4;;;;/h2*3-6H,1-2H3;;;;;4*1H. The number of hydrogen-bond acceptors (Lipinski definition) is 2. The van der Waals surface area contributed by atoms with Gasteiger partial charge in [-0.1, -0.05) is 62.2 Å². The molecule has 28 heteroatoms. The fourth-order valence-corrected chi connectivity index (χ4v) is 1.35. The van der Waals surface area contributed by atoms with Crippen molar-refractivity contribution in [1.82, 2.24) is 0 Å². The molecule has 0 radical (unpaired) electrons. The molecule has 0 atom stereocenters. The van der Waals surface area contributed by atoms with Crippen LogP contribution in [0.3, 0.4) is 0 Å². The summed E-state index contributed by atoms with van der Waals surface area (Å²) in [5.41, 5.74) is 2.43. The van der Waals surface area contributed by atoms with Gasteiger partial charge in [0.2, 0.25) is 0 Å². The van der Waals surface area contributed by atoms with E-state index in [1.54, 1.807) is 0 Å². The zero-order chi connectivity index (χ0) is 31.4. The topological polar surface area (TPSA) is 34.8 Å². The van der Waals surface area contributed by atoms with Crippen LogP contribution < -0.4 is 29.2 Å². The molecule has 42 heavy (non-hydrogen) atoms. The quantitative estimate of drug-likeness (QED) is 0.415. The number of rotatable bonds is 2. The molecule has 0 spiro atoms. The average molecular weight is 757 g/mol. The number of halogens is 20. The van der Waals surface area contributed by atoms with Crippen molar-refractivity contribution >= 4 is 57.7 Å². The number of hydrogen-bond donors (Lipinski definition) is 0. The zero-order valence-electron chi connectivity index (χ0n) is 20.8. The Balaban J connectivity index is -0.0000000554. The van der Waals surface area contributed by atoms with E-state index in [0.29, 0.717) is 0 Å². The SMILES string of the molecule is CN(C)c1cc[nH+]cc1.CN(C)c1cc[nH+]cc1.F.F.FS(F)(F)F.FS(F)(F)F.FS(F)(F)F.FS(F)(F)F.[F-].[F-]. The van der Waals surface area contributed by atoms with Crippen LogP contribution in [0.2, 0.25) is 0 Å². The predicted octanol–water partition coefficient (Wildman–Crippen LogP) is 4.76. The Morgan fingerprint density at radius 1 is 0.405 bits per heavy atom. The molecular formula is C14H24F20N4S4. The average Bonchev–Trinajstić information content (AvgIpc) is 2.65. The van der Waals surface area contributed by atoms with Crippen molar-refractivity contribution in [2.45, 2.75) is 0 Å². The molecular weight excluding hydrogens is 732 g/mol. The predicted molar refractivity (Wildman–Crippen MR) is 128 cm³/mol. The highest BCUT2D eigenvalue weighted by molar-refractivity contribution is 8.17. The molecule has 0 saturated carbocycles. The Kier molecular flexibility index (Phi) is 41.0. The van der Waals surface area contributed by atoms with Crippen molar-refractivity contribution in [2.24, 2.45) is 0 Å². The van der Waals surface area contributed by atoms with Gasteiger partial charge >= 0.3 is 46.3 Å². The van der Waals surface area contributed by atoms with Gasteiger partial charge in [0.25, 0.3) is 0 Å². The molecule has 0 saturated heterocycles. The van der Waals surface area contributed by atoms with Crippen molar-refractivity contribution in [3.8, 4) is 0 Å². The second kappa shape index (κ2) is 29.0. The van der Waals surface area contributed by atoms with Crippen LogP contribution in [0.25, 0.3) is 0 Å². The first-order valence-electron chi connectivity index (χ1n) is 8.35. The van der Waals surface area contributed by atoms with Crippen LogP contribution in [0.4, 0.5) is 83.0 Å². The fraction of sp³-hybridized carbons (Fsp3) is 0.286. The molecule has 264 valence electrons. The molecule has 0 aliphatic rings. The Hall–Kier alpha value is -2.10. The van der Waals surface area contributed by atoms with E-state index in [2.05, 4.69) is 19.8 Å². The lowest BCUT2D eigenvalue weighted by Crippen LogP contribution is -3.00. The monoisotopic (exact) mass is 756 g/mol. The third kappa shape index (κ3) is 108. The van der Waals surface area contributed by atoms with Gasteiger partial charge in [0.1, 0.15) is 0 Å². The van der Waals surface area contributed by atoms with Crippen molar-refractivity contribution in [3.05, 3.63) is 49.1 Å². The molecule has 2 rings (SSSR count). The fourth-order valence-electron chi connectivity index (χ4n) is 1.35. The first-order chi connectivity index (χ1) is 16.6. The van der Waals surface area contributed by atoms with Gasteiger partial charge in [0, 0.05) is 63.8 Å². The van der Waals surface area contributed by atoms with Gasteiger partial charge in [0.15, 0.2) is 24.8 Å². The highest BCUT2D eigenvalue weighted by Gasteiger charge is 2.17. The largest absolute Gasteiger partial charge is 1.00 e. The molecule has 0 aliphatic heterocycles. The highest BCUT2D eigenvalue weighted by atomic mass is 32.4. The van der Waals surface area contributed by atoms with E-state index in [0.717, 1.165) is 0 Å². The van der Waals surface area contributed by atoms with E-state index >= 15 is 0 Å². The molecule has 0 aromatic carbocycles. The van der Waals surface area contributed by atoms with Gasteiger partial charge in [-0.2, -0.15) is 0 Å². The Bertz CT molecular complexity index is 676. The van der Waals surface area contributed by atoms with E-state index < -0.39 is 46.3 Å². The number of H-pyrrole nitrogens is 2. The molecule has 2 heterocycles. The second-order valence-electron chi connectivity index (χ2n) is 5.70. The Labute approximate surface area is 235 Å². The minimum Gasteiger partial charge on any atom is -1.00 e. The van der Waals surface area contributed by atoms with Crippen LogP contribution in [-0.2, 0) is 0 Å². The lowest BCUT2D eigenvalue weighted by Gasteiger charge is -2.08. The highest BCUT2D eigenvalue weighted by Crippen LogP contribution is 2.55. The second-order valence-corrected chi connectivity index (χ2v) is 8.50. The van der Waals surface area contributed by atoms with Gasteiger partial charge in [-0.3, -0.25) is 9.41 Å². The van der Waals surface area contributed by atoms with Crippen molar-refractivity contribution < 1.29 is 91.0 Å². The summed E-state index contributed by atoms with van der Waals surface area (Å²) >= 11 is -24.7. The van der Waals surface area contributed by atoms with E-state index in [1.807, 2.05) is 77.2 Å².